The number of hydrogen-bond donors (Lipinski definition) is 2. The van der Waals surface area contributed by atoms with Crippen LogP contribution in [0.2, 0.25) is 0 Å². The highest BCUT2D eigenvalue weighted by molar-refractivity contribution is 5.88. The molecule has 0 aliphatic carbocycles. The van der Waals surface area contributed by atoms with Crippen LogP contribution >= 0.6 is 0 Å². The first-order chi connectivity index (χ1) is 10.9. The number of halogens is 3. The monoisotopic (exact) mass is 327 g/mol. The molecule has 0 radical (unpaired) electrons. The van der Waals surface area contributed by atoms with Crippen molar-refractivity contribution in [1.82, 2.24) is 20.1 Å². The molecule has 2 aromatic rings. The van der Waals surface area contributed by atoms with Gasteiger partial charge in [0.15, 0.2) is 6.04 Å². The van der Waals surface area contributed by atoms with Gasteiger partial charge < -0.3 is 5.32 Å². The Hall–Kier alpha value is -2.58. The maximum absolute atomic E-state index is 13.2. The van der Waals surface area contributed by atoms with Crippen molar-refractivity contribution in [2.75, 3.05) is 5.32 Å². The minimum absolute atomic E-state index is 0.141. The average molecular weight is 327 g/mol. The van der Waals surface area contributed by atoms with Crippen LogP contribution < -0.4 is 10.6 Å². The normalized spacial score (nSPS) is 12.7. The Bertz CT molecular complexity index is 641. The second kappa shape index (κ2) is 7.12. The minimum Gasteiger partial charge on any atom is -0.322 e. The molecule has 0 aliphatic rings. The second-order valence-electron chi connectivity index (χ2n) is 4.80. The maximum atomic E-state index is 13.2. The summed E-state index contributed by atoms with van der Waals surface area (Å²) in [5, 5.41) is 8.29. The van der Waals surface area contributed by atoms with E-state index in [4.69, 9.17) is 0 Å². The zero-order chi connectivity index (χ0) is 16.9. The van der Waals surface area contributed by atoms with E-state index in [9.17, 15) is 18.0 Å². The Morgan fingerprint density at radius 1 is 1.35 bits per heavy atom. The largest absolute Gasteiger partial charge is 0.412 e. The number of carbonyl (C=O) groups is 1. The molecule has 2 aromatic heterocycles. The molecule has 2 rings (SSSR count). The third kappa shape index (κ3) is 4.44. The van der Waals surface area contributed by atoms with Gasteiger partial charge in [-0.3, -0.25) is 10.3 Å². The number of nitrogens with zero attached hydrogens (tertiary/aromatic N) is 3. The predicted octanol–water partition coefficient (Wildman–Crippen LogP) is 3.11. The van der Waals surface area contributed by atoms with Crippen LogP contribution in [0.5, 0.6) is 0 Å². The zero-order valence-electron chi connectivity index (χ0n) is 12.3. The predicted molar refractivity (Wildman–Crippen MR) is 77.7 cm³/mol. The van der Waals surface area contributed by atoms with Crippen molar-refractivity contribution >= 4 is 11.8 Å². The van der Waals surface area contributed by atoms with Crippen LogP contribution in [0, 0.1) is 0 Å². The fraction of sp³-hybridized carbons (Fsp3) is 0.357. The summed E-state index contributed by atoms with van der Waals surface area (Å²) < 4.78 is 41.0. The highest BCUT2D eigenvalue weighted by Crippen LogP contribution is 2.32. The summed E-state index contributed by atoms with van der Waals surface area (Å²) in [6, 6.07) is 1.05. The molecule has 0 fully saturated rings. The Balaban J connectivity index is 2.11. The number of anilines is 1. The van der Waals surface area contributed by atoms with E-state index in [-0.39, 0.29) is 5.56 Å². The number of aromatic nitrogens is 3. The summed E-state index contributed by atoms with van der Waals surface area (Å²) in [6.45, 7) is 2.47. The van der Waals surface area contributed by atoms with Gasteiger partial charge in [-0.05, 0) is 12.5 Å². The van der Waals surface area contributed by atoms with Crippen LogP contribution in [0.25, 0.3) is 0 Å². The molecule has 1 atom stereocenters. The van der Waals surface area contributed by atoms with E-state index < -0.39 is 18.2 Å². The standard InChI is InChI=1S/C14H16F3N5O/c1-2-8-22-11(5-7-19-22)20-13(23)21-12(14(15,16)17)10-4-3-6-18-9-10/h3-7,9,12H,2,8H2,1H3,(H2,20,21,23). The quantitative estimate of drug-likeness (QED) is 0.886. The van der Waals surface area contributed by atoms with E-state index in [0.717, 1.165) is 12.6 Å². The van der Waals surface area contributed by atoms with Crippen LogP contribution in [0.15, 0.2) is 36.8 Å². The molecular weight excluding hydrogens is 311 g/mol. The van der Waals surface area contributed by atoms with Gasteiger partial charge in [-0.1, -0.05) is 13.0 Å². The molecule has 124 valence electrons. The van der Waals surface area contributed by atoms with Crippen molar-refractivity contribution in [2.45, 2.75) is 32.1 Å². The van der Waals surface area contributed by atoms with Gasteiger partial charge in [0, 0.05) is 30.6 Å². The van der Waals surface area contributed by atoms with Crippen LogP contribution in [-0.4, -0.2) is 27.0 Å². The Kier molecular flexibility index (Phi) is 5.20. The van der Waals surface area contributed by atoms with Gasteiger partial charge in [-0.25, -0.2) is 9.48 Å². The van der Waals surface area contributed by atoms with E-state index in [0.29, 0.717) is 12.4 Å². The molecule has 2 amide bonds. The molecule has 2 N–H and O–H groups in total. The summed E-state index contributed by atoms with van der Waals surface area (Å²) in [6.07, 6.45) is 0.0383. The van der Waals surface area contributed by atoms with E-state index in [1.807, 2.05) is 12.2 Å². The van der Waals surface area contributed by atoms with Crippen molar-refractivity contribution in [2.24, 2.45) is 0 Å². The zero-order valence-corrected chi connectivity index (χ0v) is 12.3. The number of aryl methyl sites for hydroxylation is 1. The third-order valence-corrected chi connectivity index (χ3v) is 3.01. The number of amides is 2. The van der Waals surface area contributed by atoms with Crippen molar-refractivity contribution < 1.29 is 18.0 Å². The van der Waals surface area contributed by atoms with Gasteiger partial charge in [0.2, 0.25) is 0 Å². The molecule has 0 saturated carbocycles. The van der Waals surface area contributed by atoms with Crippen molar-refractivity contribution in [1.29, 1.82) is 0 Å². The molecule has 9 heteroatoms. The number of rotatable bonds is 5. The summed E-state index contributed by atoms with van der Waals surface area (Å²) in [7, 11) is 0. The van der Waals surface area contributed by atoms with Gasteiger partial charge in [-0.2, -0.15) is 18.3 Å². The molecule has 0 bridgehead atoms. The molecule has 1 unspecified atom stereocenters. The first kappa shape index (κ1) is 16.8. The molecule has 23 heavy (non-hydrogen) atoms. The fourth-order valence-corrected chi connectivity index (χ4v) is 2.01. The first-order valence-electron chi connectivity index (χ1n) is 6.97. The van der Waals surface area contributed by atoms with Crippen LogP contribution in [-0.2, 0) is 6.54 Å². The SMILES string of the molecule is CCCn1nccc1NC(=O)NC(c1cccnc1)C(F)(F)F. The average Bonchev–Trinajstić information content (AvgIpc) is 2.92. The van der Waals surface area contributed by atoms with E-state index in [1.165, 1.54) is 35.3 Å². The van der Waals surface area contributed by atoms with Gasteiger partial charge in [0.1, 0.15) is 5.82 Å². The fourth-order valence-electron chi connectivity index (χ4n) is 2.01. The highest BCUT2D eigenvalue weighted by atomic mass is 19.4. The Labute approximate surface area is 130 Å². The minimum atomic E-state index is -4.63. The number of nitrogens with one attached hydrogen (secondary N) is 2. The summed E-state index contributed by atoms with van der Waals surface area (Å²) in [5.74, 6) is 0.330. The molecule has 2 heterocycles. The first-order valence-corrected chi connectivity index (χ1v) is 6.97. The molecular formula is C14H16F3N5O. The lowest BCUT2D eigenvalue weighted by Gasteiger charge is -2.22. The van der Waals surface area contributed by atoms with Crippen LogP contribution in [0.4, 0.5) is 23.8 Å². The molecule has 0 spiro atoms. The van der Waals surface area contributed by atoms with Crippen molar-refractivity contribution in [3.05, 3.63) is 42.4 Å². The Morgan fingerprint density at radius 2 is 2.13 bits per heavy atom. The van der Waals surface area contributed by atoms with Gasteiger partial charge in [0.05, 0.1) is 6.20 Å². The van der Waals surface area contributed by atoms with E-state index >= 15 is 0 Å². The number of pyridine rings is 1. The Morgan fingerprint density at radius 3 is 2.74 bits per heavy atom. The van der Waals surface area contributed by atoms with Crippen LogP contribution in [0.3, 0.4) is 0 Å². The van der Waals surface area contributed by atoms with E-state index in [1.54, 1.807) is 0 Å². The molecule has 6 nitrogen and oxygen atoms in total. The molecule has 0 aromatic carbocycles. The van der Waals surface area contributed by atoms with Crippen molar-refractivity contribution in [3.8, 4) is 0 Å². The summed E-state index contributed by atoms with van der Waals surface area (Å²) in [5.41, 5.74) is -0.141. The number of urea groups is 1. The number of carbonyl (C=O) groups excluding carboxylic acids is 1. The van der Waals surface area contributed by atoms with Gasteiger partial charge in [-0.15, -0.1) is 0 Å². The van der Waals surface area contributed by atoms with Gasteiger partial charge >= 0.3 is 12.2 Å². The lowest BCUT2D eigenvalue weighted by atomic mass is 10.1. The van der Waals surface area contributed by atoms with Crippen molar-refractivity contribution in [3.63, 3.8) is 0 Å². The maximum Gasteiger partial charge on any atom is 0.412 e. The van der Waals surface area contributed by atoms with Crippen LogP contribution in [0.1, 0.15) is 24.9 Å². The topological polar surface area (TPSA) is 71.8 Å². The lowest BCUT2D eigenvalue weighted by Crippen LogP contribution is -2.40. The highest BCUT2D eigenvalue weighted by Gasteiger charge is 2.42. The van der Waals surface area contributed by atoms with E-state index in [2.05, 4.69) is 15.4 Å². The van der Waals surface area contributed by atoms with Gasteiger partial charge in [0.25, 0.3) is 0 Å². The number of hydrogen-bond acceptors (Lipinski definition) is 3. The lowest BCUT2D eigenvalue weighted by molar-refractivity contribution is -0.154. The smallest absolute Gasteiger partial charge is 0.322 e. The molecule has 0 saturated heterocycles. The third-order valence-electron chi connectivity index (χ3n) is 3.01. The second-order valence-corrected chi connectivity index (χ2v) is 4.80. The molecule has 0 aliphatic heterocycles. The summed E-state index contributed by atoms with van der Waals surface area (Å²) >= 11 is 0. The number of alkyl halides is 3. The summed E-state index contributed by atoms with van der Waals surface area (Å²) in [4.78, 5) is 15.6.